The Hall–Kier alpha value is -1.09. The van der Waals surface area contributed by atoms with Crippen molar-refractivity contribution in [3.8, 4) is 0 Å². The molecule has 0 rings (SSSR count). The average molecular weight is 746 g/mol. The van der Waals surface area contributed by atoms with Gasteiger partial charge in [0, 0.05) is 13.0 Å². The number of carbonyl (C=O) groups excluding carboxylic acids is 2. The number of ketones is 1. The number of allylic oxidation sites excluding steroid dienone is 2. The van der Waals surface area contributed by atoms with E-state index in [4.69, 9.17) is 19.5 Å². The molecule has 2 unspecified atom stereocenters. The van der Waals surface area contributed by atoms with E-state index in [9.17, 15) is 24.2 Å². The summed E-state index contributed by atoms with van der Waals surface area (Å²) in [5, 5.41) is 9.62. The average Bonchev–Trinajstić information content (AvgIpc) is 3.12. The van der Waals surface area contributed by atoms with Gasteiger partial charge in [0.2, 0.25) is 0 Å². The van der Waals surface area contributed by atoms with Gasteiger partial charge in [0.25, 0.3) is 0 Å². The highest BCUT2D eigenvalue weighted by Crippen LogP contribution is 2.44. The maximum atomic E-state index is 13.2. The minimum Gasteiger partial charge on any atom is -0.462 e. The van der Waals surface area contributed by atoms with Crippen LogP contribution in [0.15, 0.2) is 12.2 Å². The van der Waals surface area contributed by atoms with Crippen LogP contribution in [0.25, 0.3) is 0 Å². The number of unbranched alkanes of at least 4 members (excludes halogenated alkanes) is 24. The third-order valence-electron chi connectivity index (χ3n) is 9.47. The fourth-order valence-electron chi connectivity index (χ4n) is 6.28. The lowest BCUT2D eigenvalue weighted by Gasteiger charge is -2.20. The van der Waals surface area contributed by atoms with E-state index < -0.39 is 39.0 Å². The number of carbonyl (C=O) groups is 2. The van der Waals surface area contributed by atoms with Crippen LogP contribution in [0, 0.1) is 5.92 Å². The molecule has 302 valence electrons. The molecule has 0 aromatic heterocycles. The quantitative estimate of drug-likeness (QED) is 0.0183. The number of Topliss-reactive ketones (excluding diaryl/α,β-unsaturated/α-hetero) is 1. The van der Waals surface area contributed by atoms with Crippen LogP contribution in [0.5, 0.6) is 0 Å². The molecule has 0 bridgehead atoms. The second-order valence-corrected chi connectivity index (χ2v) is 15.8. The van der Waals surface area contributed by atoms with Gasteiger partial charge in [-0.25, -0.2) is 4.57 Å². The topological polar surface area (TPSA) is 145 Å². The van der Waals surface area contributed by atoms with Gasteiger partial charge in [-0.15, -0.1) is 0 Å². The van der Waals surface area contributed by atoms with Gasteiger partial charge in [-0.05, 0) is 38.5 Å². The summed E-state index contributed by atoms with van der Waals surface area (Å²) in [4.78, 5) is 36.2. The summed E-state index contributed by atoms with van der Waals surface area (Å²) >= 11 is 0. The second kappa shape index (κ2) is 37.2. The van der Waals surface area contributed by atoms with Crippen molar-refractivity contribution in [1.82, 2.24) is 0 Å². The molecule has 0 aliphatic carbocycles. The van der Waals surface area contributed by atoms with E-state index in [1.807, 2.05) is 0 Å². The summed E-state index contributed by atoms with van der Waals surface area (Å²) in [5.41, 5.74) is 5.31. The summed E-state index contributed by atoms with van der Waals surface area (Å²) < 4.78 is 27.1. The highest BCUT2D eigenvalue weighted by Gasteiger charge is 2.30. The number of phosphoric acid groups is 1. The van der Waals surface area contributed by atoms with Crippen LogP contribution in [0.3, 0.4) is 0 Å². The number of ether oxygens (including phenoxy) is 1. The van der Waals surface area contributed by atoms with Crippen LogP contribution in [0.1, 0.15) is 200 Å². The first-order valence-corrected chi connectivity index (χ1v) is 22.6. The smallest absolute Gasteiger partial charge is 0.462 e. The number of phosphoric ester groups is 1. The number of aliphatic hydroxyl groups is 1. The highest BCUT2D eigenvalue weighted by atomic mass is 31.2. The molecule has 10 heteroatoms. The van der Waals surface area contributed by atoms with Gasteiger partial charge in [0.1, 0.15) is 24.4 Å². The Labute approximate surface area is 313 Å². The molecular formula is C41H80NO8P. The molecule has 0 aromatic carbocycles. The molecule has 51 heavy (non-hydrogen) atoms. The van der Waals surface area contributed by atoms with Gasteiger partial charge in [0.05, 0.1) is 13.2 Å². The van der Waals surface area contributed by atoms with Crippen LogP contribution in [0.2, 0.25) is 0 Å². The molecule has 0 heterocycles. The van der Waals surface area contributed by atoms with Crippen molar-refractivity contribution in [3.63, 3.8) is 0 Å². The third-order valence-corrected chi connectivity index (χ3v) is 10.5. The lowest BCUT2D eigenvalue weighted by atomic mass is 9.93. The largest absolute Gasteiger partial charge is 0.472 e. The molecule has 9 nitrogen and oxygen atoms in total. The molecule has 0 aliphatic rings. The van der Waals surface area contributed by atoms with Crippen molar-refractivity contribution >= 4 is 19.6 Å². The van der Waals surface area contributed by atoms with Crippen LogP contribution in [0.4, 0.5) is 0 Å². The van der Waals surface area contributed by atoms with Gasteiger partial charge in [0.15, 0.2) is 0 Å². The standard InChI is InChI=1S/C41H80NO8P/c1-3-5-7-9-11-13-15-17-19-21-23-25-27-29-31-33-40(44)39(41(45)48-37-38(36-43)50-51(46,47)49-35-34-42)32-30-28-26-24-22-20-18-16-14-12-10-8-6-4-2/h18,20,38-39,43H,3-17,19,21-37,42H2,1-2H3,(H,46,47)/b20-18-/t38-,39?/m0/s1. The first-order chi connectivity index (χ1) is 24.8. The van der Waals surface area contributed by atoms with Crippen LogP contribution in [-0.2, 0) is 27.9 Å². The zero-order valence-electron chi connectivity index (χ0n) is 33.0. The van der Waals surface area contributed by atoms with Gasteiger partial charge in [-0.1, -0.05) is 167 Å². The molecule has 0 radical (unpaired) electrons. The lowest BCUT2D eigenvalue weighted by Crippen LogP contribution is -2.31. The Morgan fingerprint density at radius 2 is 1.10 bits per heavy atom. The van der Waals surface area contributed by atoms with Gasteiger partial charge in [-0.3, -0.25) is 18.6 Å². The van der Waals surface area contributed by atoms with Crippen LogP contribution < -0.4 is 5.73 Å². The zero-order valence-corrected chi connectivity index (χ0v) is 33.9. The maximum Gasteiger partial charge on any atom is 0.472 e. The Morgan fingerprint density at radius 1 is 0.667 bits per heavy atom. The van der Waals surface area contributed by atoms with E-state index in [1.54, 1.807) is 0 Å². The van der Waals surface area contributed by atoms with Crippen molar-refractivity contribution in [2.75, 3.05) is 26.4 Å². The molecule has 3 atom stereocenters. The number of nitrogens with two attached hydrogens (primary N) is 1. The lowest BCUT2D eigenvalue weighted by molar-refractivity contribution is -0.155. The number of esters is 1. The fraction of sp³-hybridized carbons (Fsp3) is 0.902. The predicted octanol–water partition coefficient (Wildman–Crippen LogP) is 11.1. The van der Waals surface area contributed by atoms with E-state index in [0.29, 0.717) is 12.8 Å². The SMILES string of the molecule is CCCCCCCC/C=C\CCCCCCC(C(=O)CCCCCCCCCCCCCCCCC)C(=O)OC[C@H](CO)OP(=O)(O)OCCN. The van der Waals surface area contributed by atoms with Crippen molar-refractivity contribution in [2.45, 2.75) is 206 Å². The predicted molar refractivity (Wildman–Crippen MR) is 211 cm³/mol. The summed E-state index contributed by atoms with van der Waals surface area (Å²) in [6.07, 6.45) is 36.6. The van der Waals surface area contributed by atoms with E-state index >= 15 is 0 Å². The van der Waals surface area contributed by atoms with E-state index in [0.717, 1.165) is 57.8 Å². The number of aliphatic hydroxyl groups excluding tert-OH is 1. The number of hydrogen-bond donors (Lipinski definition) is 3. The minimum absolute atomic E-state index is 0.0196. The van der Waals surface area contributed by atoms with Crippen molar-refractivity contribution in [2.24, 2.45) is 11.7 Å². The zero-order chi connectivity index (χ0) is 37.7. The molecule has 0 aromatic rings. The molecule has 0 spiro atoms. The highest BCUT2D eigenvalue weighted by molar-refractivity contribution is 7.47. The molecular weight excluding hydrogens is 665 g/mol. The summed E-state index contributed by atoms with van der Waals surface area (Å²) in [7, 11) is -4.47. The molecule has 0 aliphatic heterocycles. The first-order valence-electron chi connectivity index (χ1n) is 21.1. The third kappa shape index (κ3) is 33.2. The van der Waals surface area contributed by atoms with Crippen molar-refractivity contribution < 1.29 is 37.9 Å². The maximum absolute atomic E-state index is 13.2. The molecule has 0 amide bonds. The van der Waals surface area contributed by atoms with Gasteiger partial charge < -0.3 is 20.5 Å². The normalized spacial score (nSPS) is 14.1. The Balaban J connectivity index is 4.54. The summed E-state index contributed by atoms with van der Waals surface area (Å²) in [6, 6.07) is 0. The Kier molecular flexibility index (Phi) is 36.4. The summed E-state index contributed by atoms with van der Waals surface area (Å²) in [5.74, 6) is -1.67. The molecule has 4 N–H and O–H groups in total. The van der Waals surface area contributed by atoms with Gasteiger partial charge in [-0.2, -0.15) is 0 Å². The molecule has 0 saturated heterocycles. The summed E-state index contributed by atoms with van der Waals surface area (Å²) in [6.45, 7) is 3.21. The fourth-order valence-corrected chi connectivity index (χ4v) is 7.18. The van der Waals surface area contributed by atoms with Crippen molar-refractivity contribution in [1.29, 1.82) is 0 Å². The first kappa shape index (κ1) is 49.9. The number of hydrogen-bond acceptors (Lipinski definition) is 8. The molecule has 0 saturated carbocycles. The number of rotatable bonds is 40. The van der Waals surface area contributed by atoms with Gasteiger partial charge >= 0.3 is 13.8 Å². The molecule has 0 fully saturated rings. The van der Waals surface area contributed by atoms with E-state index in [-0.39, 0.29) is 18.9 Å². The van der Waals surface area contributed by atoms with Crippen LogP contribution >= 0.6 is 7.82 Å². The van der Waals surface area contributed by atoms with E-state index in [2.05, 4.69) is 26.0 Å². The van der Waals surface area contributed by atoms with Crippen LogP contribution in [-0.4, -0.2) is 54.2 Å². The second-order valence-electron chi connectivity index (χ2n) is 14.4. The Morgan fingerprint density at radius 3 is 1.55 bits per heavy atom. The van der Waals surface area contributed by atoms with E-state index in [1.165, 1.54) is 116 Å². The Bertz CT molecular complexity index is 871. The monoisotopic (exact) mass is 746 g/mol. The van der Waals surface area contributed by atoms with Crippen molar-refractivity contribution in [3.05, 3.63) is 12.2 Å². The minimum atomic E-state index is -4.47.